The highest BCUT2D eigenvalue weighted by atomic mass is 16.5. The first-order valence-corrected chi connectivity index (χ1v) is 9.85. The third-order valence-corrected chi connectivity index (χ3v) is 4.66. The van der Waals surface area contributed by atoms with Gasteiger partial charge in [0.1, 0.15) is 11.5 Å². The number of Topliss-reactive ketones (excluding diaryl/α,β-unsaturated/α-hetero) is 1. The minimum Gasteiger partial charge on any atom is -0.493 e. The van der Waals surface area contributed by atoms with E-state index < -0.39 is 11.9 Å². The van der Waals surface area contributed by atoms with Gasteiger partial charge in [-0.3, -0.25) is 14.4 Å². The van der Waals surface area contributed by atoms with Crippen molar-refractivity contribution in [3.8, 4) is 28.7 Å². The number of ether oxygens (including phenoxy) is 5. The lowest BCUT2D eigenvalue weighted by Gasteiger charge is -2.13. The Balaban J connectivity index is 1.72. The van der Waals surface area contributed by atoms with E-state index in [-0.39, 0.29) is 31.1 Å². The zero-order chi connectivity index (χ0) is 24.0. The van der Waals surface area contributed by atoms with E-state index >= 15 is 0 Å². The molecule has 2 N–H and O–H groups in total. The number of carboxylic acids is 1. The number of ketones is 1. The second kappa shape index (κ2) is 10.4. The highest BCUT2D eigenvalue weighted by molar-refractivity contribution is 6.14. The highest BCUT2D eigenvalue weighted by Gasteiger charge is 2.28. The number of nitrogens with one attached hydrogen (secondary N) is 1. The van der Waals surface area contributed by atoms with Crippen molar-refractivity contribution in [1.82, 2.24) is 5.32 Å². The van der Waals surface area contributed by atoms with Gasteiger partial charge < -0.3 is 34.1 Å². The molecule has 0 atom stereocenters. The van der Waals surface area contributed by atoms with Crippen LogP contribution in [0.15, 0.2) is 36.1 Å². The number of carboxylic acid groups (broad SMARTS) is 1. The molecule has 1 heterocycles. The Morgan fingerprint density at radius 1 is 1.06 bits per heavy atom. The first-order valence-electron chi connectivity index (χ1n) is 9.85. The summed E-state index contributed by atoms with van der Waals surface area (Å²) in [4.78, 5) is 35.0. The molecule has 33 heavy (non-hydrogen) atoms. The first kappa shape index (κ1) is 23.5. The number of methoxy groups -OCH3 is 3. The molecule has 3 rings (SSSR count). The van der Waals surface area contributed by atoms with Crippen LogP contribution in [0.4, 0.5) is 0 Å². The molecular formula is C23H23NO9. The summed E-state index contributed by atoms with van der Waals surface area (Å²) in [6, 6.07) is 7.98. The number of benzene rings is 2. The van der Waals surface area contributed by atoms with Crippen LogP contribution in [0, 0.1) is 0 Å². The number of rotatable bonds is 10. The van der Waals surface area contributed by atoms with Gasteiger partial charge in [0.05, 0.1) is 33.3 Å². The topological polar surface area (TPSA) is 130 Å². The number of aliphatic carboxylic acids is 1. The molecule has 2 aromatic carbocycles. The fraction of sp³-hybridized carbons (Fsp3) is 0.261. The largest absolute Gasteiger partial charge is 0.493 e. The Labute approximate surface area is 189 Å². The van der Waals surface area contributed by atoms with Crippen LogP contribution < -0.4 is 29.0 Å². The molecule has 0 aromatic heterocycles. The SMILES string of the molecule is COc1cc(/C=C2\Oc3cc(OCC(=O)NCCC(=O)O)ccc3C2=O)cc(OC)c1OC. The van der Waals surface area contributed by atoms with Crippen LogP contribution in [0.5, 0.6) is 28.7 Å². The lowest BCUT2D eigenvalue weighted by Crippen LogP contribution is -2.30. The normalized spacial score (nSPS) is 13.2. The molecule has 174 valence electrons. The maximum Gasteiger partial charge on any atom is 0.305 e. The summed E-state index contributed by atoms with van der Waals surface area (Å²) in [5.41, 5.74) is 0.960. The highest BCUT2D eigenvalue weighted by Crippen LogP contribution is 2.40. The quantitative estimate of drug-likeness (QED) is 0.516. The monoisotopic (exact) mass is 457 g/mol. The van der Waals surface area contributed by atoms with Crippen molar-refractivity contribution in [3.05, 3.63) is 47.2 Å². The van der Waals surface area contributed by atoms with Crippen LogP contribution in [0.2, 0.25) is 0 Å². The maximum absolute atomic E-state index is 12.8. The summed E-state index contributed by atoms with van der Waals surface area (Å²) < 4.78 is 27.1. The van der Waals surface area contributed by atoms with E-state index in [1.807, 2.05) is 0 Å². The van der Waals surface area contributed by atoms with Gasteiger partial charge in [-0.1, -0.05) is 0 Å². The third-order valence-electron chi connectivity index (χ3n) is 4.66. The zero-order valence-corrected chi connectivity index (χ0v) is 18.3. The number of hydrogen-bond acceptors (Lipinski definition) is 8. The third kappa shape index (κ3) is 5.53. The number of amides is 1. The van der Waals surface area contributed by atoms with Gasteiger partial charge in [0, 0.05) is 12.6 Å². The second-order valence-corrected chi connectivity index (χ2v) is 6.84. The van der Waals surface area contributed by atoms with Gasteiger partial charge in [0.2, 0.25) is 11.5 Å². The Morgan fingerprint density at radius 2 is 1.76 bits per heavy atom. The van der Waals surface area contributed by atoms with Crippen molar-refractivity contribution in [3.63, 3.8) is 0 Å². The van der Waals surface area contributed by atoms with E-state index in [2.05, 4.69) is 5.32 Å². The predicted octanol–water partition coefficient (Wildman–Crippen LogP) is 2.30. The Morgan fingerprint density at radius 3 is 2.36 bits per heavy atom. The zero-order valence-electron chi connectivity index (χ0n) is 18.3. The molecule has 0 aliphatic carbocycles. The summed E-state index contributed by atoms with van der Waals surface area (Å²) >= 11 is 0. The number of allylic oxidation sites excluding steroid dienone is 1. The number of hydrogen-bond donors (Lipinski definition) is 2. The molecule has 0 bridgehead atoms. The van der Waals surface area contributed by atoms with Gasteiger partial charge in [0.15, 0.2) is 23.9 Å². The van der Waals surface area contributed by atoms with E-state index in [0.29, 0.717) is 39.9 Å². The Bertz CT molecular complexity index is 1080. The van der Waals surface area contributed by atoms with E-state index in [9.17, 15) is 14.4 Å². The Hall–Kier alpha value is -4.21. The molecule has 1 amide bonds. The molecular weight excluding hydrogens is 434 g/mol. The maximum atomic E-state index is 12.8. The van der Waals surface area contributed by atoms with E-state index in [4.69, 9.17) is 28.8 Å². The summed E-state index contributed by atoms with van der Waals surface area (Å²) in [6.45, 7) is -0.297. The van der Waals surface area contributed by atoms with Gasteiger partial charge in [-0.2, -0.15) is 0 Å². The van der Waals surface area contributed by atoms with Crippen LogP contribution in [0.25, 0.3) is 6.08 Å². The molecule has 0 unspecified atom stereocenters. The van der Waals surface area contributed by atoms with Crippen LogP contribution in [-0.2, 0) is 9.59 Å². The van der Waals surface area contributed by atoms with E-state index in [1.54, 1.807) is 30.3 Å². The summed E-state index contributed by atoms with van der Waals surface area (Å²) in [5, 5.41) is 11.0. The van der Waals surface area contributed by atoms with Gasteiger partial charge in [0.25, 0.3) is 5.91 Å². The lowest BCUT2D eigenvalue weighted by atomic mass is 10.1. The minimum atomic E-state index is -1.01. The van der Waals surface area contributed by atoms with Gasteiger partial charge in [-0.15, -0.1) is 0 Å². The van der Waals surface area contributed by atoms with Crippen molar-refractivity contribution in [2.24, 2.45) is 0 Å². The molecule has 1 aliphatic rings. The van der Waals surface area contributed by atoms with Gasteiger partial charge in [-0.25, -0.2) is 0 Å². The molecule has 10 nitrogen and oxygen atoms in total. The van der Waals surface area contributed by atoms with Crippen molar-refractivity contribution in [2.45, 2.75) is 6.42 Å². The molecule has 0 saturated heterocycles. The van der Waals surface area contributed by atoms with Crippen LogP contribution in [0.1, 0.15) is 22.3 Å². The van der Waals surface area contributed by atoms with E-state index in [1.165, 1.54) is 27.4 Å². The molecule has 10 heteroatoms. The predicted molar refractivity (Wildman–Crippen MR) is 116 cm³/mol. The van der Waals surface area contributed by atoms with E-state index in [0.717, 1.165) is 0 Å². The molecule has 0 spiro atoms. The molecule has 0 saturated carbocycles. The Kier molecular flexibility index (Phi) is 7.39. The van der Waals surface area contributed by atoms with Crippen molar-refractivity contribution >= 4 is 23.7 Å². The summed E-state index contributed by atoms with van der Waals surface area (Å²) in [5.74, 6) is 0.237. The fourth-order valence-electron chi connectivity index (χ4n) is 3.10. The summed E-state index contributed by atoms with van der Waals surface area (Å²) in [7, 11) is 4.49. The minimum absolute atomic E-state index is 0.00835. The molecule has 0 radical (unpaired) electrons. The smallest absolute Gasteiger partial charge is 0.305 e. The molecule has 2 aromatic rings. The molecule has 1 aliphatic heterocycles. The average molecular weight is 457 g/mol. The second-order valence-electron chi connectivity index (χ2n) is 6.84. The number of carbonyl (C=O) groups is 3. The van der Waals surface area contributed by atoms with Crippen molar-refractivity contribution in [2.75, 3.05) is 34.5 Å². The van der Waals surface area contributed by atoms with Crippen LogP contribution in [0.3, 0.4) is 0 Å². The first-order chi connectivity index (χ1) is 15.9. The van der Waals surface area contributed by atoms with Gasteiger partial charge in [-0.05, 0) is 35.9 Å². The lowest BCUT2D eigenvalue weighted by molar-refractivity contribution is -0.137. The van der Waals surface area contributed by atoms with Gasteiger partial charge >= 0.3 is 5.97 Å². The van der Waals surface area contributed by atoms with Crippen molar-refractivity contribution < 1.29 is 43.2 Å². The van der Waals surface area contributed by atoms with Crippen molar-refractivity contribution in [1.29, 1.82) is 0 Å². The summed E-state index contributed by atoms with van der Waals surface area (Å²) in [6.07, 6.45) is 1.38. The molecule has 0 fully saturated rings. The number of fused-ring (bicyclic) bond motifs is 1. The van der Waals surface area contributed by atoms with Crippen LogP contribution in [-0.4, -0.2) is 57.2 Å². The fourth-order valence-corrected chi connectivity index (χ4v) is 3.10. The van der Waals surface area contributed by atoms with Crippen LogP contribution >= 0.6 is 0 Å². The number of carbonyl (C=O) groups excluding carboxylic acids is 2. The average Bonchev–Trinajstić information content (AvgIpc) is 3.11. The standard InChI is InChI=1S/C23H23NO9/c1-29-18-9-13(10-19(30-2)23(18)31-3)8-17-22(28)15-5-4-14(11-16(15)33-17)32-12-20(25)24-7-6-21(26)27/h4-5,8-11H,6-7,12H2,1-3H3,(H,24,25)(H,26,27)/b17-8-.